The highest BCUT2D eigenvalue weighted by molar-refractivity contribution is 5.80. The van der Waals surface area contributed by atoms with Gasteiger partial charge in [-0.1, -0.05) is 43.3 Å². The third-order valence-corrected chi connectivity index (χ3v) is 2.68. The van der Waals surface area contributed by atoms with E-state index < -0.39 is 0 Å². The van der Waals surface area contributed by atoms with Gasteiger partial charge in [0.05, 0.1) is 6.54 Å². The van der Waals surface area contributed by atoms with Crippen LogP contribution in [0.1, 0.15) is 18.9 Å². The predicted molar refractivity (Wildman–Crippen MR) is 59.9 cm³/mol. The van der Waals surface area contributed by atoms with E-state index in [0.717, 1.165) is 6.42 Å². The van der Waals surface area contributed by atoms with Crippen LogP contribution in [0, 0.1) is 5.92 Å². The van der Waals surface area contributed by atoms with Crippen LogP contribution < -0.4 is 0 Å². The predicted octanol–water partition coefficient (Wildman–Crippen LogP) is 2.57. The number of amides is 1. The maximum Gasteiger partial charge on any atom is 0.229 e. The van der Waals surface area contributed by atoms with Crippen molar-refractivity contribution < 1.29 is 4.79 Å². The lowest BCUT2D eigenvalue weighted by molar-refractivity contribution is -0.133. The summed E-state index contributed by atoms with van der Waals surface area (Å²) >= 11 is 0. The van der Waals surface area contributed by atoms with Gasteiger partial charge in [0.2, 0.25) is 5.91 Å². The molecule has 0 aromatic heterocycles. The van der Waals surface area contributed by atoms with Crippen LogP contribution in [0.25, 0.3) is 0 Å². The van der Waals surface area contributed by atoms with Gasteiger partial charge in [0.1, 0.15) is 0 Å². The number of rotatable bonds is 2. The Kier molecular flexibility index (Phi) is 2.86. The molecule has 0 aliphatic carbocycles. The lowest BCUT2D eigenvalue weighted by Crippen LogP contribution is -2.32. The fourth-order valence-corrected chi connectivity index (χ4v) is 1.76. The van der Waals surface area contributed by atoms with Crippen molar-refractivity contribution in [2.24, 2.45) is 5.92 Å². The third-order valence-electron chi connectivity index (χ3n) is 2.68. The zero-order valence-electron chi connectivity index (χ0n) is 8.89. The molecule has 15 heavy (non-hydrogen) atoms. The van der Waals surface area contributed by atoms with Crippen LogP contribution in [0.3, 0.4) is 0 Å². The summed E-state index contributed by atoms with van der Waals surface area (Å²) in [6.07, 6.45) is 4.83. The maximum absolute atomic E-state index is 11.8. The summed E-state index contributed by atoms with van der Waals surface area (Å²) in [7, 11) is 0. The summed E-state index contributed by atoms with van der Waals surface area (Å²) in [6.45, 7) is 2.66. The van der Waals surface area contributed by atoms with Crippen molar-refractivity contribution in [3.05, 3.63) is 48.2 Å². The number of nitrogens with zero attached hydrogens (tertiary/aromatic N) is 1. The molecule has 1 atom stereocenters. The molecule has 1 aliphatic heterocycles. The minimum Gasteiger partial charge on any atom is -0.315 e. The third kappa shape index (κ3) is 2.27. The first-order valence-electron chi connectivity index (χ1n) is 5.28. The molecule has 0 fully saturated rings. The SMILES string of the molecule is CC1CC=CN(Cc2ccccc2)C1=O. The highest BCUT2D eigenvalue weighted by Crippen LogP contribution is 2.17. The molecule has 1 aromatic rings. The molecule has 1 unspecified atom stereocenters. The number of carbonyl (C=O) groups is 1. The lowest BCUT2D eigenvalue weighted by Gasteiger charge is -2.25. The van der Waals surface area contributed by atoms with E-state index in [0.29, 0.717) is 6.54 Å². The number of benzene rings is 1. The molecule has 2 rings (SSSR count). The molecule has 1 heterocycles. The standard InChI is InChI=1S/C13H15NO/c1-11-6-5-9-14(13(11)15)10-12-7-3-2-4-8-12/h2-5,7-9,11H,6,10H2,1H3. The summed E-state index contributed by atoms with van der Waals surface area (Å²) in [4.78, 5) is 13.6. The first-order valence-corrected chi connectivity index (χ1v) is 5.28. The van der Waals surface area contributed by atoms with E-state index in [2.05, 4.69) is 6.08 Å². The topological polar surface area (TPSA) is 20.3 Å². The summed E-state index contributed by atoms with van der Waals surface area (Å²) in [5, 5.41) is 0. The summed E-state index contributed by atoms with van der Waals surface area (Å²) in [5.41, 5.74) is 1.17. The van der Waals surface area contributed by atoms with Crippen molar-refractivity contribution >= 4 is 5.91 Å². The lowest BCUT2D eigenvalue weighted by atomic mass is 10.0. The molecule has 2 heteroatoms. The molecule has 0 saturated heterocycles. The largest absolute Gasteiger partial charge is 0.315 e. The summed E-state index contributed by atoms with van der Waals surface area (Å²) < 4.78 is 0. The second kappa shape index (κ2) is 4.30. The van der Waals surface area contributed by atoms with Gasteiger partial charge < -0.3 is 4.90 Å². The van der Waals surface area contributed by atoms with Crippen LogP contribution in [-0.2, 0) is 11.3 Å². The van der Waals surface area contributed by atoms with Crippen molar-refractivity contribution in [1.82, 2.24) is 4.90 Å². The van der Waals surface area contributed by atoms with Gasteiger partial charge >= 0.3 is 0 Å². The average molecular weight is 201 g/mol. The second-order valence-corrected chi connectivity index (χ2v) is 3.97. The van der Waals surface area contributed by atoms with Gasteiger partial charge in [-0.25, -0.2) is 0 Å². The van der Waals surface area contributed by atoms with Gasteiger partial charge in [0.25, 0.3) is 0 Å². The van der Waals surface area contributed by atoms with Gasteiger partial charge in [0.15, 0.2) is 0 Å². The van der Waals surface area contributed by atoms with Crippen LogP contribution in [0.5, 0.6) is 0 Å². The number of carbonyl (C=O) groups excluding carboxylic acids is 1. The molecule has 0 radical (unpaired) electrons. The van der Waals surface area contributed by atoms with E-state index in [1.807, 2.05) is 43.5 Å². The van der Waals surface area contributed by atoms with E-state index in [4.69, 9.17) is 0 Å². The van der Waals surface area contributed by atoms with Gasteiger partial charge in [-0.3, -0.25) is 4.79 Å². The summed E-state index contributed by atoms with van der Waals surface area (Å²) in [6, 6.07) is 10.1. The normalized spacial score (nSPS) is 20.7. The number of allylic oxidation sites excluding steroid dienone is 1. The molecule has 1 amide bonds. The van der Waals surface area contributed by atoms with Gasteiger partial charge in [-0.05, 0) is 12.0 Å². The molecule has 2 nitrogen and oxygen atoms in total. The average Bonchev–Trinajstić information content (AvgIpc) is 2.26. The molecule has 0 bridgehead atoms. The molecule has 1 aromatic carbocycles. The summed E-state index contributed by atoms with van der Waals surface area (Å²) in [5.74, 6) is 0.347. The molecular weight excluding hydrogens is 186 g/mol. The fourth-order valence-electron chi connectivity index (χ4n) is 1.76. The van der Waals surface area contributed by atoms with Crippen LogP contribution in [0.15, 0.2) is 42.6 Å². The Morgan fingerprint density at radius 2 is 2.07 bits per heavy atom. The second-order valence-electron chi connectivity index (χ2n) is 3.97. The minimum atomic E-state index is 0.124. The van der Waals surface area contributed by atoms with Crippen LogP contribution in [-0.4, -0.2) is 10.8 Å². The molecule has 0 saturated carbocycles. The van der Waals surface area contributed by atoms with Gasteiger partial charge in [-0.15, -0.1) is 0 Å². The zero-order chi connectivity index (χ0) is 10.7. The molecule has 78 valence electrons. The molecule has 0 spiro atoms. The molecular formula is C13H15NO. The van der Waals surface area contributed by atoms with Gasteiger partial charge in [-0.2, -0.15) is 0 Å². The van der Waals surface area contributed by atoms with Crippen LogP contribution >= 0.6 is 0 Å². The number of hydrogen-bond donors (Lipinski definition) is 0. The van der Waals surface area contributed by atoms with Crippen LogP contribution in [0.4, 0.5) is 0 Å². The fraction of sp³-hybridized carbons (Fsp3) is 0.308. The number of hydrogen-bond acceptors (Lipinski definition) is 1. The first kappa shape index (κ1) is 9.97. The quantitative estimate of drug-likeness (QED) is 0.720. The Balaban J connectivity index is 2.09. The van der Waals surface area contributed by atoms with Crippen LogP contribution in [0.2, 0.25) is 0 Å². The Morgan fingerprint density at radius 3 is 2.80 bits per heavy atom. The smallest absolute Gasteiger partial charge is 0.229 e. The van der Waals surface area contributed by atoms with Gasteiger partial charge in [0, 0.05) is 12.1 Å². The maximum atomic E-state index is 11.8. The molecule has 1 aliphatic rings. The zero-order valence-corrected chi connectivity index (χ0v) is 8.89. The van der Waals surface area contributed by atoms with E-state index in [1.165, 1.54) is 5.56 Å². The Bertz CT molecular complexity index is 369. The van der Waals surface area contributed by atoms with Crippen molar-refractivity contribution in [1.29, 1.82) is 0 Å². The Labute approximate surface area is 90.2 Å². The first-order chi connectivity index (χ1) is 7.27. The van der Waals surface area contributed by atoms with E-state index in [9.17, 15) is 4.79 Å². The van der Waals surface area contributed by atoms with Crippen molar-refractivity contribution in [3.8, 4) is 0 Å². The van der Waals surface area contributed by atoms with E-state index >= 15 is 0 Å². The molecule has 0 N–H and O–H groups in total. The highest BCUT2D eigenvalue weighted by Gasteiger charge is 2.21. The van der Waals surface area contributed by atoms with E-state index in [-0.39, 0.29) is 11.8 Å². The van der Waals surface area contributed by atoms with Crippen molar-refractivity contribution in [3.63, 3.8) is 0 Å². The Morgan fingerprint density at radius 1 is 1.33 bits per heavy atom. The highest BCUT2D eigenvalue weighted by atomic mass is 16.2. The monoisotopic (exact) mass is 201 g/mol. The van der Waals surface area contributed by atoms with Crippen molar-refractivity contribution in [2.45, 2.75) is 19.9 Å². The Hall–Kier alpha value is -1.57. The minimum absolute atomic E-state index is 0.124. The van der Waals surface area contributed by atoms with E-state index in [1.54, 1.807) is 4.90 Å². The van der Waals surface area contributed by atoms with Crippen molar-refractivity contribution in [2.75, 3.05) is 0 Å².